The number of nitrogens with one attached hydrogen (secondary N) is 1. The normalized spacial score (nSPS) is 20.8. The summed E-state index contributed by atoms with van der Waals surface area (Å²) in [6, 6.07) is 0.364. The maximum atomic E-state index is 11.4. The van der Waals surface area contributed by atoms with E-state index >= 15 is 0 Å². The largest absolute Gasteiger partial charge is 0.353 e. The summed E-state index contributed by atoms with van der Waals surface area (Å²) in [4.78, 5) is 11.4. The average molecular weight is 216 g/mol. The Morgan fingerprint density at radius 1 is 1.43 bits per heavy atom. The average Bonchev–Trinajstić information content (AvgIpc) is 2.20. The van der Waals surface area contributed by atoms with E-state index in [1.54, 1.807) is 0 Å². The van der Waals surface area contributed by atoms with Gasteiger partial charge >= 0.3 is 0 Å². The van der Waals surface area contributed by atoms with E-state index in [9.17, 15) is 4.79 Å². The molecule has 0 bridgehead atoms. The third-order valence-corrected chi connectivity index (χ3v) is 2.69. The summed E-state index contributed by atoms with van der Waals surface area (Å²) in [5.74, 6) is 0.829. The summed E-state index contributed by atoms with van der Waals surface area (Å²) in [6.45, 7) is 0. The van der Waals surface area contributed by atoms with Crippen molar-refractivity contribution in [2.24, 2.45) is 0 Å². The van der Waals surface area contributed by atoms with Crippen molar-refractivity contribution in [2.75, 3.05) is 5.88 Å². The number of alkyl halides is 1. The molecule has 3 heteroatoms. The van der Waals surface area contributed by atoms with Gasteiger partial charge in [0.25, 0.3) is 0 Å². The molecule has 0 aromatic heterocycles. The second-order valence-electron chi connectivity index (χ2n) is 3.69. The Hall–Kier alpha value is -0.500. The summed E-state index contributed by atoms with van der Waals surface area (Å²) in [5, 5.41) is 3.04. The van der Waals surface area contributed by atoms with Gasteiger partial charge in [-0.3, -0.25) is 4.79 Å². The van der Waals surface area contributed by atoms with Gasteiger partial charge in [0.15, 0.2) is 0 Å². The molecule has 0 aromatic carbocycles. The minimum Gasteiger partial charge on any atom is -0.353 e. The van der Waals surface area contributed by atoms with Crippen molar-refractivity contribution in [3.05, 3.63) is 12.2 Å². The molecule has 1 amide bonds. The predicted molar refractivity (Wildman–Crippen MR) is 59.5 cm³/mol. The first-order chi connectivity index (χ1) is 6.83. The van der Waals surface area contributed by atoms with Crippen molar-refractivity contribution < 1.29 is 4.79 Å². The molecule has 1 unspecified atom stereocenters. The first kappa shape index (κ1) is 11.6. The highest BCUT2D eigenvalue weighted by Gasteiger charge is 2.11. The molecule has 1 aliphatic carbocycles. The van der Waals surface area contributed by atoms with Crippen LogP contribution >= 0.6 is 11.6 Å². The van der Waals surface area contributed by atoms with E-state index in [-0.39, 0.29) is 5.91 Å². The minimum absolute atomic E-state index is 0.176. The second-order valence-corrected chi connectivity index (χ2v) is 4.07. The van der Waals surface area contributed by atoms with Crippen LogP contribution in [0.5, 0.6) is 0 Å². The van der Waals surface area contributed by atoms with Crippen LogP contribution in [0.3, 0.4) is 0 Å². The Balaban J connectivity index is 2.10. The molecule has 0 fully saturated rings. The summed E-state index contributed by atoms with van der Waals surface area (Å²) < 4.78 is 0. The third kappa shape index (κ3) is 4.66. The minimum atomic E-state index is 0.176. The van der Waals surface area contributed by atoms with Crippen LogP contribution in [0, 0.1) is 0 Å². The zero-order valence-electron chi connectivity index (χ0n) is 8.47. The van der Waals surface area contributed by atoms with Gasteiger partial charge in [0.05, 0.1) is 0 Å². The van der Waals surface area contributed by atoms with Crippen LogP contribution in [0.4, 0.5) is 0 Å². The van der Waals surface area contributed by atoms with Crippen molar-refractivity contribution in [3.8, 4) is 0 Å². The topological polar surface area (TPSA) is 29.1 Å². The monoisotopic (exact) mass is 215 g/mol. The molecule has 1 rings (SSSR count). The van der Waals surface area contributed by atoms with E-state index in [1.165, 1.54) is 0 Å². The predicted octanol–water partition coefficient (Wildman–Crippen LogP) is 2.62. The first-order valence-electron chi connectivity index (χ1n) is 5.33. The van der Waals surface area contributed by atoms with E-state index < -0.39 is 0 Å². The Bertz CT molecular complexity index is 203. The molecule has 0 saturated carbocycles. The van der Waals surface area contributed by atoms with E-state index in [2.05, 4.69) is 17.5 Å². The molecule has 14 heavy (non-hydrogen) atoms. The molecule has 80 valence electrons. The lowest BCUT2D eigenvalue weighted by atomic mass is 10.0. The first-order valence-corrected chi connectivity index (χ1v) is 5.86. The van der Waals surface area contributed by atoms with Crippen LogP contribution in [0.1, 0.15) is 38.5 Å². The molecule has 0 heterocycles. The van der Waals surface area contributed by atoms with Gasteiger partial charge in [-0.05, 0) is 32.1 Å². The van der Waals surface area contributed by atoms with Crippen LogP contribution in [0.2, 0.25) is 0 Å². The van der Waals surface area contributed by atoms with Gasteiger partial charge < -0.3 is 5.32 Å². The highest BCUT2D eigenvalue weighted by Crippen LogP contribution is 2.10. The summed E-state index contributed by atoms with van der Waals surface area (Å²) in [6.07, 6.45) is 9.93. The van der Waals surface area contributed by atoms with Crippen LogP contribution < -0.4 is 5.32 Å². The molecule has 0 radical (unpaired) electrons. The Morgan fingerprint density at radius 3 is 2.93 bits per heavy atom. The van der Waals surface area contributed by atoms with Gasteiger partial charge in [0.1, 0.15) is 0 Å². The molecular weight excluding hydrogens is 198 g/mol. The maximum Gasteiger partial charge on any atom is 0.220 e. The highest BCUT2D eigenvalue weighted by atomic mass is 35.5. The van der Waals surface area contributed by atoms with Crippen molar-refractivity contribution in [3.63, 3.8) is 0 Å². The summed E-state index contributed by atoms with van der Waals surface area (Å²) in [5.41, 5.74) is 0. The highest BCUT2D eigenvalue weighted by molar-refractivity contribution is 6.17. The molecule has 1 aliphatic rings. The van der Waals surface area contributed by atoms with E-state index in [0.29, 0.717) is 18.3 Å². The quantitative estimate of drug-likeness (QED) is 0.427. The van der Waals surface area contributed by atoms with E-state index in [1.807, 2.05) is 0 Å². The number of unbranched alkanes of at least 4 members (excludes halogenated alkanes) is 1. The fourth-order valence-electron chi connectivity index (χ4n) is 1.60. The van der Waals surface area contributed by atoms with Crippen molar-refractivity contribution in [2.45, 2.75) is 44.6 Å². The standard InChI is InChI=1S/C11H18ClNO/c12-9-5-4-8-11(14)13-10-6-2-1-3-7-10/h1-2,10H,3-9H2,(H,13,14). The van der Waals surface area contributed by atoms with Gasteiger partial charge in [-0.15, -0.1) is 11.6 Å². The lowest BCUT2D eigenvalue weighted by Gasteiger charge is -2.19. The molecule has 0 saturated heterocycles. The number of rotatable bonds is 5. The smallest absolute Gasteiger partial charge is 0.220 e. The lowest BCUT2D eigenvalue weighted by Crippen LogP contribution is -2.35. The molecule has 2 nitrogen and oxygen atoms in total. The van der Waals surface area contributed by atoms with Crippen molar-refractivity contribution in [1.29, 1.82) is 0 Å². The molecule has 0 aliphatic heterocycles. The van der Waals surface area contributed by atoms with Crippen molar-refractivity contribution >= 4 is 17.5 Å². The number of carbonyl (C=O) groups is 1. The SMILES string of the molecule is O=C(CCCCCl)NC1CC=CCC1. The third-order valence-electron chi connectivity index (χ3n) is 2.42. The zero-order chi connectivity index (χ0) is 10.2. The molecule has 1 atom stereocenters. The number of allylic oxidation sites excluding steroid dienone is 1. The number of amides is 1. The summed E-state index contributed by atoms with van der Waals surface area (Å²) in [7, 11) is 0. The number of halogens is 1. The zero-order valence-corrected chi connectivity index (χ0v) is 9.22. The van der Waals surface area contributed by atoms with Crippen LogP contribution in [0.25, 0.3) is 0 Å². The molecule has 1 N–H and O–H groups in total. The summed E-state index contributed by atoms with van der Waals surface area (Å²) >= 11 is 5.54. The molecule has 0 spiro atoms. The van der Waals surface area contributed by atoms with Crippen LogP contribution in [-0.4, -0.2) is 17.8 Å². The Kier molecular flexibility index (Phi) is 5.69. The Morgan fingerprint density at radius 2 is 2.29 bits per heavy atom. The van der Waals surface area contributed by atoms with Gasteiger partial charge in [-0.1, -0.05) is 12.2 Å². The van der Waals surface area contributed by atoms with Gasteiger partial charge in [-0.2, -0.15) is 0 Å². The van der Waals surface area contributed by atoms with Crippen molar-refractivity contribution in [1.82, 2.24) is 5.32 Å². The maximum absolute atomic E-state index is 11.4. The van der Waals surface area contributed by atoms with Crippen LogP contribution in [0.15, 0.2) is 12.2 Å². The lowest BCUT2D eigenvalue weighted by molar-refractivity contribution is -0.121. The van der Waals surface area contributed by atoms with E-state index in [0.717, 1.165) is 32.1 Å². The number of carbonyl (C=O) groups excluding carboxylic acids is 1. The second kappa shape index (κ2) is 6.88. The number of hydrogen-bond donors (Lipinski definition) is 1. The van der Waals surface area contributed by atoms with Gasteiger partial charge in [0.2, 0.25) is 5.91 Å². The fourth-order valence-corrected chi connectivity index (χ4v) is 1.79. The molecular formula is C11H18ClNO. The van der Waals surface area contributed by atoms with Gasteiger partial charge in [0, 0.05) is 18.3 Å². The fraction of sp³-hybridized carbons (Fsp3) is 0.727. The Labute approximate surface area is 90.7 Å². The van der Waals surface area contributed by atoms with Crippen LogP contribution in [-0.2, 0) is 4.79 Å². The number of hydrogen-bond acceptors (Lipinski definition) is 1. The van der Waals surface area contributed by atoms with E-state index in [4.69, 9.17) is 11.6 Å². The van der Waals surface area contributed by atoms with Gasteiger partial charge in [-0.25, -0.2) is 0 Å². The molecule has 0 aromatic rings.